The number of aromatic nitrogens is 1. The summed E-state index contributed by atoms with van der Waals surface area (Å²) in [6, 6.07) is 0. The zero-order valence-corrected chi connectivity index (χ0v) is 11.1. The Bertz CT molecular complexity index is 328. The van der Waals surface area contributed by atoms with Gasteiger partial charge in [-0.2, -0.15) is 0 Å². The molecule has 0 radical (unpaired) electrons. The molecule has 0 unspecified atom stereocenters. The number of hydrogen-bond donors (Lipinski definition) is 0. The largest absolute Gasteiger partial charge is 0.368 e. The first-order chi connectivity index (χ1) is 7.80. The highest BCUT2D eigenvalue weighted by Gasteiger charge is 2.38. The molecule has 0 aromatic carbocycles. The minimum absolute atomic E-state index is 0.0363. The van der Waals surface area contributed by atoms with Gasteiger partial charge in [-0.25, -0.2) is 4.98 Å². The van der Waals surface area contributed by atoms with E-state index in [4.69, 9.17) is 9.72 Å². The molecule has 0 spiro atoms. The van der Waals surface area contributed by atoms with Crippen molar-refractivity contribution in [2.24, 2.45) is 0 Å². The lowest BCUT2D eigenvalue weighted by Crippen LogP contribution is -2.26. The highest BCUT2D eigenvalue weighted by atomic mass is 32.1. The molecule has 0 aliphatic heterocycles. The van der Waals surface area contributed by atoms with Crippen LogP contribution in [0.4, 0.5) is 0 Å². The monoisotopic (exact) mass is 239 g/mol. The first kappa shape index (κ1) is 12.1. The van der Waals surface area contributed by atoms with Crippen molar-refractivity contribution in [2.75, 3.05) is 6.61 Å². The van der Waals surface area contributed by atoms with Crippen molar-refractivity contribution in [1.82, 2.24) is 4.98 Å². The number of thiazole rings is 1. The van der Waals surface area contributed by atoms with Crippen LogP contribution in [-0.4, -0.2) is 11.6 Å². The average Bonchev–Trinajstić information content (AvgIpc) is 2.88. The predicted molar refractivity (Wildman–Crippen MR) is 67.9 cm³/mol. The summed E-state index contributed by atoms with van der Waals surface area (Å²) in [5.41, 5.74) is 1.21. The summed E-state index contributed by atoms with van der Waals surface area (Å²) in [5.74, 6) is 0. The van der Waals surface area contributed by atoms with Crippen LogP contribution in [0.1, 0.15) is 56.7 Å². The van der Waals surface area contributed by atoms with E-state index in [1.165, 1.54) is 30.0 Å². The minimum Gasteiger partial charge on any atom is -0.368 e. The number of ether oxygens (including phenoxy) is 1. The highest BCUT2D eigenvalue weighted by Crippen LogP contribution is 2.43. The number of rotatable bonds is 5. The zero-order valence-electron chi connectivity index (χ0n) is 10.3. The van der Waals surface area contributed by atoms with E-state index in [0.29, 0.717) is 0 Å². The molecular formula is C13H21NOS. The standard InChI is InChI=1S/C13H21NOS/c1-3-7-11-10-16-12(14-11)13(15-4-2)8-5-6-9-13/h10H,3-9H2,1-2H3. The van der Waals surface area contributed by atoms with Gasteiger partial charge in [0.1, 0.15) is 10.6 Å². The Kier molecular flexibility index (Phi) is 3.98. The second kappa shape index (κ2) is 5.28. The van der Waals surface area contributed by atoms with Crippen LogP contribution in [0.25, 0.3) is 0 Å². The Balaban J connectivity index is 2.18. The maximum absolute atomic E-state index is 6.02. The molecule has 1 aromatic heterocycles. The molecule has 1 saturated carbocycles. The van der Waals surface area contributed by atoms with Crippen molar-refractivity contribution in [3.05, 3.63) is 16.1 Å². The molecule has 16 heavy (non-hydrogen) atoms. The van der Waals surface area contributed by atoms with E-state index >= 15 is 0 Å². The highest BCUT2D eigenvalue weighted by molar-refractivity contribution is 7.09. The molecule has 2 rings (SSSR count). The molecule has 1 fully saturated rings. The van der Waals surface area contributed by atoms with Crippen LogP contribution in [0.15, 0.2) is 5.38 Å². The van der Waals surface area contributed by atoms with Gasteiger partial charge in [0.25, 0.3) is 0 Å². The SMILES string of the molecule is CCCc1csc(C2(OCC)CCCC2)n1. The summed E-state index contributed by atoms with van der Waals surface area (Å²) in [7, 11) is 0. The molecule has 3 heteroatoms. The number of nitrogens with zero attached hydrogens (tertiary/aromatic N) is 1. The molecule has 1 heterocycles. The average molecular weight is 239 g/mol. The molecule has 90 valence electrons. The van der Waals surface area contributed by atoms with Gasteiger partial charge in [0.2, 0.25) is 0 Å². The van der Waals surface area contributed by atoms with Crippen LogP contribution in [-0.2, 0) is 16.8 Å². The van der Waals surface area contributed by atoms with Crippen LogP contribution in [0.5, 0.6) is 0 Å². The summed E-state index contributed by atoms with van der Waals surface area (Å²) in [4.78, 5) is 4.77. The fourth-order valence-corrected chi connectivity index (χ4v) is 3.60. The lowest BCUT2D eigenvalue weighted by atomic mass is 10.0. The number of aryl methyl sites for hydroxylation is 1. The molecule has 2 nitrogen and oxygen atoms in total. The number of hydrogen-bond acceptors (Lipinski definition) is 3. The molecule has 0 atom stereocenters. The molecule has 1 aromatic rings. The third kappa shape index (κ3) is 2.30. The summed E-state index contributed by atoms with van der Waals surface area (Å²) in [5, 5.41) is 3.42. The van der Waals surface area contributed by atoms with Gasteiger partial charge >= 0.3 is 0 Å². The van der Waals surface area contributed by atoms with Crippen molar-refractivity contribution in [2.45, 2.75) is 58.0 Å². The summed E-state index contributed by atoms with van der Waals surface area (Å²) in [6.45, 7) is 5.08. The Morgan fingerprint density at radius 3 is 2.75 bits per heavy atom. The van der Waals surface area contributed by atoms with E-state index in [2.05, 4.69) is 19.2 Å². The third-order valence-corrected chi connectivity index (χ3v) is 4.36. The van der Waals surface area contributed by atoms with E-state index in [9.17, 15) is 0 Å². The lowest BCUT2D eigenvalue weighted by molar-refractivity contribution is -0.0392. The molecule has 1 aliphatic carbocycles. The Morgan fingerprint density at radius 2 is 2.12 bits per heavy atom. The van der Waals surface area contributed by atoms with Crippen LogP contribution < -0.4 is 0 Å². The van der Waals surface area contributed by atoms with E-state index in [1.54, 1.807) is 11.3 Å². The van der Waals surface area contributed by atoms with Crippen molar-refractivity contribution < 1.29 is 4.74 Å². The van der Waals surface area contributed by atoms with Gasteiger partial charge in [-0.1, -0.05) is 26.2 Å². The zero-order chi connectivity index (χ0) is 11.4. The second-order valence-corrected chi connectivity index (χ2v) is 5.39. The second-order valence-electron chi connectivity index (χ2n) is 4.53. The molecule has 0 bridgehead atoms. The Hall–Kier alpha value is -0.410. The van der Waals surface area contributed by atoms with Gasteiger partial charge in [-0.15, -0.1) is 11.3 Å². The maximum Gasteiger partial charge on any atom is 0.125 e. The van der Waals surface area contributed by atoms with Gasteiger partial charge in [0.15, 0.2) is 0 Å². The van der Waals surface area contributed by atoms with Gasteiger partial charge < -0.3 is 4.74 Å². The normalized spacial score (nSPS) is 19.1. The van der Waals surface area contributed by atoms with Gasteiger partial charge in [-0.05, 0) is 26.2 Å². The Morgan fingerprint density at radius 1 is 1.38 bits per heavy atom. The van der Waals surface area contributed by atoms with Crippen molar-refractivity contribution in [3.63, 3.8) is 0 Å². The van der Waals surface area contributed by atoms with Gasteiger partial charge in [0.05, 0.1) is 5.69 Å². The maximum atomic E-state index is 6.02. The van der Waals surface area contributed by atoms with E-state index < -0.39 is 0 Å². The van der Waals surface area contributed by atoms with E-state index in [0.717, 1.165) is 25.9 Å². The molecule has 1 aliphatic rings. The van der Waals surface area contributed by atoms with Gasteiger partial charge in [-0.3, -0.25) is 0 Å². The quantitative estimate of drug-likeness (QED) is 0.777. The predicted octanol–water partition coefficient (Wildman–Crippen LogP) is 3.90. The minimum atomic E-state index is -0.0363. The summed E-state index contributed by atoms with van der Waals surface area (Å²) in [6.07, 6.45) is 7.13. The molecule has 0 saturated heterocycles. The van der Waals surface area contributed by atoms with Crippen LogP contribution in [0.2, 0.25) is 0 Å². The topological polar surface area (TPSA) is 22.1 Å². The van der Waals surface area contributed by atoms with E-state index in [-0.39, 0.29) is 5.60 Å². The first-order valence-electron chi connectivity index (χ1n) is 6.39. The summed E-state index contributed by atoms with van der Waals surface area (Å²) >= 11 is 1.79. The fourth-order valence-electron chi connectivity index (χ4n) is 2.53. The Labute approximate surface area is 102 Å². The van der Waals surface area contributed by atoms with Crippen LogP contribution in [0.3, 0.4) is 0 Å². The van der Waals surface area contributed by atoms with E-state index in [1.807, 2.05) is 0 Å². The molecule has 0 amide bonds. The van der Waals surface area contributed by atoms with Gasteiger partial charge in [0, 0.05) is 12.0 Å². The van der Waals surface area contributed by atoms with Crippen molar-refractivity contribution in [3.8, 4) is 0 Å². The fraction of sp³-hybridized carbons (Fsp3) is 0.769. The van der Waals surface area contributed by atoms with Crippen LogP contribution in [0, 0.1) is 0 Å². The van der Waals surface area contributed by atoms with Crippen LogP contribution >= 0.6 is 11.3 Å². The smallest absolute Gasteiger partial charge is 0.125 e. The first-order valence-corrected chi connectivity index (χ1v) is 7.27. The summed E-state index contributed by atoms with van der Waals surface area (Å²) < 4.78 is 6.02. The van der Waals surface area contributed by atoms with Crippen molar-refractivity contribution in [1.29, 1.82) is 0 Å². The van der Waals surface area contributed by atoms with Crippen molar-refractivity contribution >= 4 is 11.3 Å². The molecular weight excluding hydrogens is 218 g/mol. The third-order valence-electron chi connectivity index (χ3n) is 3.28. The molecule has 0 N–H and O–H groups in total. The lowest BCUT2D eigenvalue weighted by Gasteiger charge is -2.26.